The first kappa shape index (κ1) is 19.9. The molecule has 3 rings (SSSR count). The Bertz CT molecular complexity index is 698. The molecule has 1 heterocycles. The fourth-order valence-corrected chi connectivity index (χ4v) is 3.32. The van der Waals surface area contributed by atoms with Gasteiger partial charge in [0.25, 0.3) is 5.91 Å². The summed E-state index contributed by atoms with van der Waals surface area (Å²) in [5, 5.41) is 3.26. The van der Waals surface area contributed by atoms with Crippen molar-refractivity contribution in [3.8, 4) is 0 Å². The van der Waals surface area contributed by atoms with Gasteiger partial charge in [-0.3, -0.25) is 4.79 Å². The highest BCUT2D eigenvalue weighted by Gasteiger charge is 2.36. The second-order valence-corrected chi connectivity index (χ2v) is 6.97. The molecule has 0 saturated carbocycles. The fourth-order valence-electron chi connectivity index (χ4n) is 3.06. The molecule has 0 unspecified atom stereocenters. The topological polar surface area (TPSA) is 64.4 Å². The van der Waals surface area contributed by atoms with Crippen LogP contribution in [-0.2, 0) is 16.8 Å². The van der Waals surface area contributed by atoms with Crippen LogP contribution >= 0.6 is 28.3 Å². The molecule has 0 atom stereocenters. The Morgan fingerprint density at radius 2 is 1.68 bits per heavy atom. The molecule has 25 heavy (non-hydrogen) atoms. The van der Waals surface area contributed by atoms with Gasteiger partial charge in [-0.1, -0.05) is 40.2 Å². The molecule has 6 heteroatoms. The number of rotatable bonds is 4. The minimum atomic E-state index is -0.386. The Balaban J connectivity index is 0.00000225. The van der Waals surface area contributed by atoms with Gasteiger partial charge in [0, 0.05) is 29.8 Å². The molecule has 0 aromatic heterocycles. The number of ether oxygens (including phenoxy) is 1. The number of carbonyl (C=O) groups excluding carboxylic acids is 1. The van der Waals surface area contributed by atoms with E-state index in [2.05, 4.69) is 33.4 Å². The van der Waals surface area contributed by atoms with Gasteiger partial charge in [0.2, 0.25) is 0 Å². The number of carbonyl (C=O) groups is 1. The third-order valence-corrected chi connectivity index (χ3v) is 5.08. The summed E-state index contributed by atoms with van der Waals surface area (Å²) in [4.78, 5) is 12.8. The number of hydrogen-bond acceptors (Lipinski definition) is 3. The van der Waals surface area contributed by atoms with E-state index in [-0.39, 0.29) is 23.9 Å². The summed E-state index contributed by atoms with van der Waals surface area (Å²) in [5.74, 6) is -0.0663. The molecule has 0 aliphatic carbocycles. The van der Waals surface area contributed by atoms with E-state index in [4.69, 9.17) is 10.5 Å². The first-order valence-corrected chi connectivity index (χ1v) is 8.88. The highest BCUT2D eigenvalue weighted by molar-refractivity contribution is 9.10. The Hall–Kier alpha value is -1.40. The van der Waals surface area contributed by atoms with E-state index in [1.165, 1.54) is 0 Å². The van der Waals surface area contributed by atoms with Crippen LogP contribution in [0.5, 0.6) is 0 Å². The van der Waals surface area contributed by atoms with Crippen LogP contribution in [0.15, 0.2) is 53.0 Å². The highest BCUT2D eigenvalue weighted by atomic mass is 79.9. The molecular formula is C19H22BrClN2O2. The molecule has 1 aliphatic heterocycles. The van der Waals surface area contributed by atoms with Gasteiger partial charge in [-0.15, -0.1) is 12.4 Å². The third-order valence-electron chi connectivity index (χ3n) is 4.55. The van der Waals surface area contributed by atoms with Crippen molar-refractivity contribution >= 4 is 34.2 Å². The van der Waals surface area contributed by atoms with Gasteiger partial charge in [-0.25, -0.2) is 0 Å². The van der Waals surface area contributed by atoms with Gasteiger partial charge in [-0.05, 0) is 48.2 Å². The average Bonchev–Trinajstić information content (AvgIpc) is 2.63. The summed E-state index contributed by atoms with van der Waals surface area (Å²) in [7, 11) is 0. The predicted molar refractivity (Wildman–Crippen MR) is 105 cm³/mol. The Morgan fingerprint density at radius 3 is 2.24 bits per heavy atom. The molecule has 0 spiro atoms. The number of amides is 1. The highest BCUT2D eigenvalue weighted by Crippen LogP contribution is 2.33. The molecule has 0 bridgehead atoms. The van der Waals surface area contributed by atoms with E-state index in [1.54, 1.807) is 0 Å². The van der Waals surface area contributed by atoms with Crippen molar-refractivity contribution in [1.82, 2.24) is 5.32 Å². The second kappa shape index (κ2) is 8.81. The SMILES string of the molecule is Cl.NCc1ccc(C(=O)NC2(c3ccc(Br)cc3)CCOCC2)cc1. The zero-order valence-electron chi connectivity index (χ0n) is 13.8. The molecule has 1 saturated heterocycles. The second-order valence-electron chi connectivity index (χ2n) is 6.06. The molecule has 134 valence electrons. The van der Waals surface area contributed by atoms with Crippen LogP contribution in [0.25, 0.3) is 0 Å². The van der Waals surface area contributed by atoms with E-state index >= 15 is 0 Å². The van der Waals surface area contributed by atoms with Gasteiger partial charge in [0.1, 0.15) is 0 Å². The summed E-state index contributed by atoms with van der Waals surface area (Å²) >= 11 is 3.47. The van der Waals surface area contributed by atoms with Crippen LogP contribution in [0.4, 0.5) is 0 Å². The van der Waals surface area contributed by atoms with Gasteiger partial charge in [0.15, 0.2) is 0 Å². The third kappa shape index (κ3) is 4.61. The van der Waals surface area contributed by atoms with E-state index in [0.717, 1.165) is 28.4 Å². The van der Waals surface area contributed by atoms with Crippen molar-refractivity contribution in [3.63, 3.8) is 0 Å². The van der Waals surface area contributed by atoms with Crippen molar-refractivity contribution in [2.75, 3.05) is 13.2 Å². The van der Waals surface area contributed by atoms with Crippen molar-refractivity contribution in [2.45, 2.75) is 24.9 Å². The zero-order chi connectivity index (χ0) is 17.0. The molecule has 2 aromatic rings. The van der Waals surface area contributed by atoms with Gasteiger partial charge in [-0.2, -0.15) is 0 Å². The van der Waals surface area contributed by atoms with Crippen LogP contribution in [0.2, 0.25) is 0 Å². The molecule has 4 nitrogen and oxygen atoms in total. The molecule has 3 N–H and O–H groups in total. The lowest BCUT2D eigenvalue weighted by Crippen LogP contribution is -2.49. The van der Waals surface area contributed by atoms with Gasteiger partial charge >= 0.3 is 0 Å². The summed E-state index contributed by atoms with van der Waals surface area (Å²) in [6.45, 7) is 1.76. The normalized spacial score (nSPS) is 15.9. The lowest BCUT2D eigenvalue weighted by molar-refractivity contribution is 0.0345. The Labute approximate surface area is 162 Å². The maximum atomic E-state index is 12.8. The minimum absolute atomic E-state index is 0. The zero-order valence-corrected chi connectivity index (χ0v) is 16.2. The van der Waals surface area contributed by atoms with Crippen LogP contribution < -0.4 is 11.1 Å². The summed E-state index contributed by atoms with van der Waals surface area (Å²) in [6, 6.07) is 15.6. The number of halogens is 2. The number of nitrogens with two attached hydrogens (primary N) is 1. The number of hydrogen-bond donors (Lipinski definition) is 2. The summed E-state index contributed by atoms with van der Waals surface area (Å²) < 4.78 is 6.54. The smallest absolute Gasteiger partial charge is 0.251 e. The maximum Gasteiger partial charge on any atom is 0.251 e. The Kier molecular flexibility index (Phi) is 7.02. The van der Waals surface area contributed by atoms with E-state index in [9.17, 15) is 4.79 Å². The first-order valence-electron chi connectivity index (χ1n) is 8.08. The van der Waals surface area contributed by atoms with Crippen LogP contribution in [0, 0.1) is 0 Å². The molecule has 1 fully saturated rings. The van der Waals surface area contributed by atoms with Crippen LogP contribution in [0.3, 0.4) is 0 Å². The molecule has 1 aliphatic rings. The predicted octanol–water partition coefficient (Wildman–Crippen LogP) is 3.77. The quantitative estimate of drug-likeness (QED) is 0.784. The number of benzene rings is 2. The van der Waals surface area contributed by atoms with Crippen LogP contribution in [0.1, 0.15) is 34.3 Å². The molecular weight excluding hydrogens is 404 g/mol. The van der Waals surface area contributed by atoms with Gasteiger partial charge in [0.05, 0.1) is 5.54 Å². The van der Waals surface area contributed by atoms with E-state index in [0.29, 0.717) is 25.3 Å². The van der Waals surface area contributed by atoms with Crippen molar-refractivity contribution in [1.29, 1.82) is 0 Å². The maximum absolute atomic E-state index is 12.8. The fraction of sp³-hybridized carbons (Fsp3) is 0.316. The lowest BCUT2D eigenvalue weighted by atomic mass is 9.82. The van der Waals surface area contributed by atoms with Crippen molar-refractivity contribution < 1.29 is 9.53 Å². The number of nitrogens with one attached hydrogen (secondary N) is 1. The monoisotopic (exact) mass is 424 g/mol. The van der Waals surface area contributed by atoms with E-state index in [1.807, 2.05) is 36.4 Å². The van der Waals surface area contributed by atoms with Crippen molar-refractivity contribution in [3.05, 3.63) is 69.7 Å². The van der Waals surface area contributed by atoms with Crippen LogP contribution in [-0.4, -0.2) is 19.1 Å². The molecule has 1 amide bonds. The van der Waals surface area contributed by atoms with Gasteiger partial charge < -0.3 is 15.8 Å². The molecule has 2 aromatic carbocycles. The average molecular weight is 426 g/mol. The summed E-state index contributed by atoms with van der Waals surface area (Å²) in [6.07, 6.45) is 1.53. The van der Waals surface area contributed by atoms with E-state index < -0.39 is 0 Å². The van der Waals surface area contributed by atoms with Crippen molar-refractivity contribution in [2.24, 2.45) is 5.73 Å². The first-order chi connectivity index (χ1) is 11.6. The Morgan fingerprint density at radius 1 is 1.08 bits per heavy atom. The minimum Gasteiger partial charge on any atom is -0.381 e. The standard InChI is InChI=1S/C19H21BrN2O2.ClH/c20-17-7-5-16(6-8-17)19(9-11-24-12-10-19)22-18(23)15-3-1-14(13-21)2-4-15;/h1-8H,9-13,21H2,(H,22,23);1H. The largest absolute Gasteiger partial charge is 0.381 e. The molecule has 0 radical (unpaired) electrons. The lowest BCUT2D eigenvalue weighted by Gasteiger charge is -2.38. The summed E-state index contributed by atoms with van der Waals surface area (Å²) in [5.41, 5.74) is 8.00.